The molecule has 4 aromatic carbocycles. The van der Waals surface area contributed by atoms with E-state index in [-0.39, 0.29) is 68.2 Å². The summed E-state index contributed by atoms with van der Waals surface area (Å²) in [5.41, 5.74) is 7.79. The molecule has 0 spiro atoms. The van der Waals surface area contributed by atoms with Gasteiger partial charge in [0.2, 0.25) is 5.79 Å². The number of carbonyl (C=O) groups excluding carboxylic acids is 5. The number of methoxy groups -OCH3 is 3. The first-order valence-electron chi connectivity index (χ1n) is 45.3. The van der Waals surface area contributed by atoms with Gasteiger partial charge in [0.05, 0.1) is 49.1 Å². The fourth-order valence-corrected chi connectivity index (χ4v) is 15.4. The highest BCUT2D eigenvalue weighted by molar-refractivity contribution is 7.98. The number of para-hydroxylation sites is 2. The van der Waals surface area contributed by atoms with Crippen LogP contribution in [0.5, 0.6) is 0 Å². The SMILES string of the molecule is C.C=C(C)CC.C=CCC.COC(C)C.CO[C@@H]1C[C@H](C[C@@H](C)[C@@H]2CC(=O)[C@H](C)/C=C(\C)[C@@H](O)[C@@H](OC)C(=O)[C@H](C)C[C@H](C)/C=C/C=C/C=C(\C)C(C)CC3CC[C@@H](C)[C@@](O)(O3)C(=O)C(=O)N3CCCC[C@H]3C(=O)O2)CC[C@H]1O.CSc1ccccc1.CSc1ccccc1.C[C@@H]1CC=CO1.C[C@H]1CC=CO1.Cc1c[nH]c2ccccc12.Cc1c[nH]c2ccccc12. The zero-order chi connectivity index (χ0) is 93.8. The molecule has 127 heavy (non-hydrogen) atoms. The number of nitrogens with one attached hydrogen (secondary N) is 2. The van der Waals surface area contributed by atoms with Gasteiger partial charge in [-0.1, -0.05) is 189 Å². The van der Waals surface area contributed by atoms with Gasteiger partial charge in [-0.25, -0.2) is 4.79 Å². The zero-order valence-electron chi connectivity index (χ0n) is 80.2. The minimum Gasteiger partial charge on any atom is -0.498 e. The molecule has 5 aliphatic heterocycles. The highest BCUT2D eigenvalue weighted by Gasteiger charge is 2.53. The maximum atomic E-state index is 14.3. The summed E-state index contributed by atoms with van der Waals surface area (Å²) in [6.07, 6.45) is 35.7. The highest BCUT2D eigenvalue weighted by atomic mass is 32.2. The molecule has 1 aliphatic carbocycles. The summed E-state index contributed by atoms with van der Waals surface area (Å²) in [4.78, 5) is 80.7. The maximum Gasteiger partial charge on any atom is 0.329 e. The van der Waals surface area contributed by atoms with Crippen LogP contribution in [0.15, 0.2) is 228 Å². The minimum atomic E-state index is -2.37. The molecule has 2 bridgehead atoms. The number of amides is 1. The lowest BCUT2D eigenvalue weighted by molar-refractivity contribution is -0.264. The molecular weight excluding hydrogens is 1630 g/mol. The third-order valence-corrected chi connectivity index (χ3v) is 24.8. The van der Waals surface area contributed by atoms with Crippen LogP contribution in [0.4, 0.5) is 0 Å². The Balaban J connectivity index is 0.000000672. The van der Waals surface area contributed by atoms with Crippen molar-refractivity contribution in [2.75, 3.05) is 40.4 Å². The van der Waals surface area contributed by atoms with Crippen LogP contribution in [0.2, 0.25) is 0 Å². The number of aliphatic hydroxyl groups excluding tert-OH is 2. The standard InChI is InChI=1S/C51H79NO12.2C9H9N.2C7H8S.2C5H8O.C5H10.C4H10O.C4H8.CH4/c1-30-16-12-11-13-17-31(2)32(3)27-39-21-19-37(8)51(60,64-39)48(57)49(58)52-23-15-14-18-40(52)50(59)63-43(34(5)26-38-20-22-41(53)44(28-38)61-9)29-42(54)33(4)25-36(7)46(56)47(62-10)45(55)35(6)24-30;2*1-7-6-10-9-5-3-2-4-8(7)9;2*1-8-7-5-3-2-4-6-7;2*1-5-3-2-4-6-5;1-4-5(2)3;1-4(2)5-3;1-3-4-2;/h11-13,16-17,25,30,32-35,37-41,43-44,46-47,53,56,60H,14-15,18-24,26-29H2,1-10H3;2*2-6,10H,1H3;2*2-6H,1H3;2*2,4-5H,3H2,1H3;2,4H2,1,3H3;4H,1-3H3;3H,1,4H2,2H3;1H4/b13-11+,16-12+,31-17+,36-25+;;;;;;;;;;/t30-,32?,33-,34-,35-,37-,38+,39?,40+,41-,43+,44-,46-,47+,51-;;;;;2*5-;;;;/m1....10..../s1. The number of aryl methyl sites for hydroxylation is 2. The lowest BCUT2D eigenvalue weighted by Crippen LogP contribution is -2.60. The van der Waals surface area contributed by atoms with E-state index in [1.165, 1.54) is 60.3 Å². The fraction of sp³-hybridized carbons (Fsp3) is 0.542. The lowest BCUT2D eigenvalue weighted by Gasteiger charge is -2.42. The Morgan fingerprint density at radius 3 is 1.63 bits per heavy atom. The number of nitrogens with zero attached hydrogens (tertiary/aromatic N) is 1. The smallest absolute Gasteiger partial charge is 0.329 e. The molecule has 2 saturated heterocycles. The molecule has 2 aromatic heterocycles. The number of carbonyl (C=O) groups is 5. The van der Waals surface area contributed by atoms with Crippen LogP contribution in [0.1, 0.15) is 225 Å². The highest BCUT2D eigenvalue weighted by Crippen LogP contribution is 2.39. The normalized spacial score (nSPS) is 27.1. The average molecular weight is 1790 g/mol. The molecule has 2 unspecified atom stereocenters. The molecule has 7 heterocycles. The molecule has 0 radical (unpaired) electrons. The van der Waals surface area contributed by atoms with Crippen LogP contribution in [-0.4, -0.2) is 167 Å². The molecule has 5 N–H and O–H groups in total. The second-order valence-corrected chi connectivity index (χ2v) is 36.0. The summed E-state index contributed by atoms with van der Waals surface area (Å²) in [5, 5.41) is 36.4. The number of piperidine rings is 1. The van der Waals surface area contributed by atoms with E-state index >= 15 is 0 Å². The summed E-state index contributed by atoms with van der Waals surface area (Å²) in [6, 6.07) is 36.2. The van der Waals surface area contributed by atoms with Gasteiger partial charge in [-0.05, 0) is 247 Å². The number of allylic oxidation sites excluding steroid dienone is 9. The number of aliphatic hydroxyl groups is 3. The first-order valence-corrected chi connectivity index (χ1v) is 47.8. The summed E-state index contributed by atoms with van der Waals surface area (Å²) in [5.74, 6) is -7.66. The van der Waals surface area contributed by atoms with Crippen molar-refractivity contribution in [1.82, 2.24) is 14.9 Å². The second-order valence-electron chi connectivity index (χ2n) is 34.2. The van der Waals surface area contributed by atoms with Crippen LogP contribution in [0.3, 0.4) is 0 Å². The average Bonchev–Trinajstić information content (AvgIpc) is 1.52. The molecule has 1 amide bonds. The van der Waals surface area contributed by atoms with Crippen LogP contribution < -0.4 is 0 Å². The Morgan fingerprint density at radius 1 is 0.669 bits per heavy atom. The van der Waals surface area contributed by atoms with Crippen molar-refractivity contribution in [3.63, 3.8) is 0 Å². The Kier molecular flexibility index (Phi) is 57.7. The van der Waals surface area contributed by atoms with E-state index in [1.807, 2.05) is 165 Å². The molecule has 12 rings (SSSR count). The molecule has 6 aliphatic rings. The largest absolute Gasteiger partial charge is 0.498 e. The van der Waals surface area contributed by atoms with Gasteiger partial charge in [0.1, 0.15) is 30.1 Å². The number of aromatic amines is 2. The van der Waals surface area contributed by atoms with E-state index in [1.54, 1.807) is 77.1 Å². The van der Waals surface area contributed by atoms with Crippen molar-refractivity contribution >= 4 is 74.6 Å². The molecule has 20 heteroatoms. The predicted molar refractivity (Wildman–Crippen MR) is 529 cm³/mol. The Morgan fingerprint density at radius 2 is 1.19 bits per heavy atom. The van der Waals surface area contributed by atoms with Gasteiger partial charge in [-0.15, -0.1) is 36.7 Å². The quantitative estimate of drug-likeness (QED) is 0.0370. The summed E-state index contributed by atoms with van der Waals surface area (Å²) in [7, 11) is 4.65. The van der Waals surface area contributed by atoms with Gasteiger partial charge in [0.15, 0.2) is 5.78 Å². The second kappa shape index (κ2) is 63.8. The van der Waals surface area contributed by atoms with Crippen LogP contribution in [-0.2, 0) is 57.1 Å². The number of hydrogen-bond donors (Lipinski definition) is 5. The number of thioether (sulfide) groups is 2. The molecular formula is C107H161N3O15S2. The summed E-state index contributed by atoms with van der Waals surface area (Å²) in [6.45, 7) is 40.6. The third-order valence-electron chi connectivity index (χ3n) is 23.3. The van der Waals surface area contributed by atoms with E-state index < -0.39 is 77.8 Å². The number of hydrogen-bond acceptors (Lipinski definition) is 17. The van der Waals surface area contributed by atoms with Gasteiger partial charge < -0.3 is 63.3 Å². The molecule has 18 nitrogen and oxygen atoms in total. The number of aromatic nitrogens is 2. The van der Waals surface area contributed by atoms with Gasteiger partial charge in [-0.3, -0.25) is 19.2 Å². The number of ketones is 3. The topological polar surface area (TPSA) is 245 Å². The number of fused-ring (bicyclic) bond motifs is 5. The predicted octanol–water partition coefficient (Wildman–Crippen LogP) is 24.4. The van der Waals surface area contributed by atoms with Crippen molar-refractivity contribution in [1.29, 1.82) is 0 Å². The van der Waals surface area contributed by atoms with E-state index in [0.717, 1.165) is 37.7 Å². The van der Waals surface area contributed by atoms with E-state index in [0.29, 0.717) is 81.7 Å². The Bertz CT molecular complexity index is 4150. The van der Waals surface area contributed by atoms with Gasteiger partial charge in [0.25, 0.3) is 11.7 Å². The molecule has 17 atom stereocenters. The maximum absolute atomic E-state index is 14.3. The Labute approximate surface area is 773 Å². The zero-order valence-corrected chi connectivity index (χ0v) is 81.8. The lowest BCUT2D eigenvalue weighted by atomic mass is 9.78. The summed E-state index contributed by atoms with van der Waals surface area (Å²) >= 11 is 3.54. The first-order chi connectivity index (χ1) is 60.1. The van der Waals surface area contributed by atoms with Crippen molar-refractivity contribution in [2.24, 2.45) is 41.4 Å². The number of rotatable bonds is 10. The van der Waals surface area contributed by atoms with Gasteiger partial charge in [0, 0.05) is 109 Å². The molecule has 6 aromatic rings. The number of H-pyrrole nitrogens is 2. The molecule has 3 fully saturated rings. The minimum absolute atomic E-state index is 0. The van der Waals surface area contributed by atoms with E-state index in [9.17, 15) is 39.3 Å². The third kappa shape index (κ3) is 42.5. The number of esters is 1. The van der Waals surface area contributed by atoms with Crippen molar-refractivity contribution in [2.45, 2.75) is 304 Å². The van der Waals surface area contributed by atoms with Crippen LogP contribution >= 0.6 is 23.5 Å². The van der Waals surface area contributed by atoms with Crippen LogP contribution in [0, 0.1) is 55.3 Å². The molecule has 1 saturated carbocycles. The van der Waals surface area contributed by atoms with Gasteiger partial charge in [-0.2, -0.15) is 0 Å². The Hall–Kier alpha value is -8.15. The van der Waals surface area contributed by atoms with E-state index in [4.69, 9.17) is 33.2 Å². The van der Waals surface area contributed by atoms with Crippen molar-refractivity contribution in [3.05, 3.63) is 230 Å². The number of Topliss-reactive ketones (excluding diaryl/α,β-unsaturated/α-hetero) is 3. The van der Waals surface area contributed by atoms with E-state index in [2.05, 4.69) is 138 Å². The molecule has 706 valence electrons. The first kappa shape index (κ1) is 115. The summed E-state index contributed by atoms with van der Waals surface area (Å²) < 4.78 is 38.3. The number of cyclic esters (lactones) is 1. The fourth-order valence-electron chi connectivity index (χ4n) is 14.6. The van der Waals surface area contributed by atoms with Crippen molar-refractivity contribution < 1.29 is 72.5 Å². The van der Waals surface area contributed by atoms with Crippen LogP contribution in [0.25, 0.3) is 21.8 Å². The number of benzene rings is 4. The number of ether oxygens (including phenoxy) is 7. The van der Waals surface area contributed by atoms with Crippen molar-refractivity contribution in [3.8, 4) is 0 Å². The monoisotopic (exact) mass is 1790 g/mol. The van der Waals surface area contributed by atoms with Gasteiger partial charge >= 0.3 is 5.97 Å².